The van der Waals surface area contributed by atoms with Gasteiger partial charge in [0, 0.05) is 13.8 Å². The van der Waals surface area contributed by atoms with Crippen molar-refractivity contribution in [2.75, 3.05) is 5.73 Å². The molecule has 2 aromatic rings. The maximum atomic E-state index is 11.0. The summed E-state index contributed by atoms with van der Waals surface area (Å²) in [7, 11) is 0. The summed E-state index contributed by atoms with van der Waals surface area (Å²) < 4.78 is 0. The number of nitrogen functional groups attached to an aromatic ring is 1. The Hall–Kier alpha value is -2.51. The molecule has 2 heterocycles. The van der Waals surface area contributed by atoms with E-state index in [4.69, 9.17) is 5.73 Å². The molecule has 4 N–H and O–H groups in total. The summed E-state index contributed by atoms with van der Waals surface area (Å²) in [5, 5.41) is 0. The first-order chi connectivity index (χ1) is 7.91. The zero-order valence-electron chi connectivity index (χ0n) is 9.27. The van der Waals surface area contributed by atoms with Crippen LogP contribution < -0.4 is 11.3 Å². The highest BCUT2D eigenvalue weighted by Crippen LogP contribution is 1.98. The molecule has 2 rings (SSSR count). The number of Topliss-reactive ketones (excluding diaryl/α,β-unsaturated/α-hetero) is 2. The number of rotatable bonds is 1. The molecule has 0 saturated carbocycles. The lowest BCUT2D eigenvalue weighted by Crippen LogP contribution is -2.10. The normalized spacial score (nSPS) is 9.53. The van der Waals surface area contributed by atoms with Gasteiger partial charge in [-0.15, -0.1) is 0 Å². The average molecular weight is 237 g/mol. The number of carbonyl (C=O) groups is 2. The second-order valence-corrected chi connectivity index (χ2v) is 3.16. The quantitative estimate of drug-likeness (QED) is 0.566. The van der Waals surface area contributed by atoms with E-state index in [1.807, 2.05) is 0 Å². The van der Waals surface area contributed by atoms with Crippen molar-refractivity contribution in [1.29, 1.82) is 0 Å². The van der Waals surface area contributed by atoms with Crippen molar-refractivity contribution in [3.8, 4) is 0 Å². The van der Waals surface area contributed by atoms with Gasteiger partial charge in [0.25, 0.3) is 5.56 Å². The van der Waals surface area contributed by atoms with Gasteiger partial charge in [0.05, 0.1) is 6.33 Å². The molecule has 0 spiro atoms. The minimum atomic E-state index is -0.380. The van der Waals surface area contributed by atoms with Crippen LogP contribution in [0.25, 0.3) is 11.2 Å². The number of H-pyrrole nitrogens is 2. The number of hydrogen-bond acceptors (Lipinski definition) is 6. The number of hydrogen-bond donors (Lipinski definition) is 3. The third-order valence-electron chi connectivity index (χ3n) is 1.80. The Morgan fingerprint density at radius 1 is 1.29 bits per heavy atom. The fourth-order valence-electron chi connectivity index (χ4n) is 0.863. The molecule has 17 heavy (non-hydrogen) atoms. The van der Waals surface area contributed by atoms with Gasteiger partial charge in [-0.05, 0) is 0 Å². The third-order valence-corrected chi connectivity index (χ3v) is 1.80. The van der Waals surface area contributed by atoms with Crippen molar-refractivity contribution >= 4 is 28.7 Å². The van der Waals surface area contributed by atoms with Crippen molar-refractivity contribution in [2.24, 2.45) is 0 Å². The van der Waals surface area contributed by atoms with Gasteiger partial charge in [-0.3, -0.25) is 19.4 Å². The molecule has 90 valence electrons. The van der Waals surface area contributed by atoms with Crippen LogP contribution in [0.15, 0.2) is 11.1 Å². The summed E-state index contributed by atoms with van der Waals surface area (Å²) in [5.74, 6) is -0.670. The summed E-state index contributed by atoms with van der Waals surface area (Å²) in [5.41, 5.74) is 5.63. The number of nitrogens with zero attached hydrogens (tertiary/aromatic N) is 2. The smallest absolute Gasteiger partial charge is 0.280 e. The largest absolute Gasteiger partial charge is 0.369 e. The summed E-state index contributed by atoms with van der Waals surface area (Å²) in [6.45, 7) is 2.50. The second kappa shape index (κ2) is 5.01. The molecule has 0 bridgehead atoms. The van der Waals surface area contributed by atoms with Crippen LogP contribution in [0.1, 0.15) is 13.8 Å². The van der Waals surface area contributed by atoms with Crippen molar-refractivity contribution in [2.45, 2.75) is 13.8 Å². The van der Waals surface area contributed by atoms with E-state index >= 15 is 0 Å². The van der Waals surface area contributed by atoms with E-state index in [1.165, 1.54) is 20.2 Å². The second-order valence-electron chi connectivity index (χ2n) is 3.16. The zero-order valence-corrected chi connectivity index (χ0v) is 9.27. The van der Waals surface area contributed by atoms with Crippen LogP contribution in [0.4, 0.5) is 5.95 Å². The number of imidazole rings is 1. The van der Waals surface area contributed by atoms with Gasteiger partial charge in [-0.2, -0.15) is 4.98 Å². The molecule has 0 aliphatic rings. The summed E-state index contributed by atoms with van der Waals surface area (Å²) in [6, 6.07) is 0. The third kappa shape index (κ3) is 3.23. The number of aromatic nitrogens is 4. The molecule has 0 atom stereocenters. The van der Waals surface area contributed by atoms with E-state index in [9.17, 15) is 14.4 Å². The van der Waals surface area contributed by atoms with Gasteiger partial charge in [0.15, 0.2) is 22.7 Å². The molecular weight excluding hydrogens is 226 g/mol. The van der Waals surface area contributed by atoms with Crippen LogP contribution in [-0.2, 0) is 9.59 Å². The van der Waals surface area contributed by atoms with Crippen LogP contribution >= 0.6 is 0 Å². The number of aromatic amines is 2. The first kappa shape index (κ1) is 12.6. The molecule has 0 amide bonds. The zero-order chi connectivity index (χ0) is 13.0. The number of anilines is 1. The lowest BCUT2D eigenvalue weighted by atomic mass is 10.3. The Bertz CT molecular complexity index is 600. The molecule has 0 saturated heterocycles. The number of carbonyl (C=O) groups excluding carboxylic acids is 2. The predicted octanol–water partition coefficient (Wildman–Crippen LogP) is -0.607. The van der Waals surface area contributed by atoms with E-state index in [0.29, 0.717) is 5.65 Å². The molecule has 0 unspecified atom stereocenters. The highest BCUT2D eigenvalue weighted by atomic mass is 16.2. The topological polar surface area (TPSA) is 135 Å². The highest BCUT2D eigenvalue weighted by molar-refractivity contribution is 6.35. The van der Waals surface area contributed by atoms with E-state index in [1.54, 1.807) is 0 Å². The molecular formula is C9H11N5O3. The Kier molecular flexibility index (Phi) is 3.70. The Labute approximate surface area is 95.3 Å². The Morgan fingerprint density at radius 2 is 1.88 bits per heavy atom. The Morgan fingerprint density at radius 3 is 2.41 bits per heavy atom. The van der Waals surface area contributed by atoms with Gasteiger partial charge < -0.3 is 10.7 Å². The van der Waals surface area contributed by atoms with Gasteiger partial charge in [-0.1, -0.05) is 0 Å². The van der Waals surface area contributed by atoms with Crippen molar-refractivity contribution in [3.63, 3.8) is 0 Å². The van der Waals surface area contributed by atoms with Gasteiger partial charge in [0.1, 0.15) is 0 Å². The molecule has 0 aromatic carbocycles. The van der Waals surface area contributed by atoms with Gasteiger partial charge in [-0.25, -0.2) is 4.98 Å². The van der Waals surface area contributed by atoms with Crippen molar-refractivity contribution < 1.29 is 9.59 Å². The Balaban J connectivity index is 0.000000209. The first-order valence-corrected chi connectivity index (χ1v) is 4.62. The summed E-state index contributed by atoms with van der Waals surface area (Å²) in [4.78, 5) is 43.1. The molecule has 8 nitrogen and oxygen atoms in total. The molecule has 8 heteroatoms. The van der Waals surface area contributed by atoms with E-state index < -0.39 is 0 Å². The standard InChI is InChI=1S/C5H5N5O.C4H6O2/c6-5-9-3-2(4(11)10-5)7-1-8-3;1-3(5)4(2)6/h1H,(H4,6,7,8,9,10,11);1-2H3. The first-order valence-electron chi connectivity index (χ1n) is 4.62. The minimum Gasteiger partial charge on any atom is -0.369 e. The highest BCUT2D eigenvalue weighted by Gasteiger charge is 2.01. The van der Waals surface area contributed by atoms with Crippen molar-refractivity contribution in [3.05, 3.63) is 16.7 Å². The fraction of sp³-hybridized carbons (Fsp3) is 0.222. The molecule has 0 aliphatic heterocycles. The number of ketones is 2. The van der Waals surface area contributed by atoms with E-state index in [-0.39, 0.29) is 28.6 Å². The van der Waals surface area contributed by atoms with Crippen LogP contribution in [0, 0.1) is 0 Å². The SMILES string of the molecule is CC(=O)C(C)=O.Nc1nc2[nH]cnc2c(=O)[nH]1. The van der Waals surface area contributed by atoms with E-state index in [2.05, 4.69) is 19.9 Å². The van der Waals surface area contributed by atoms with E-state index in [0.717, 1.165) is 0 Å². The maximum absolute atomic E-state index is 11.0. The lowest BCUT2D eigenvalue weighted by Gasteiger charge is -1.89. The molecule has 2 aromatic heterocycles. The number of nitrogens with two attached hydrogens (primary N) is 1. The summed E-state index contributed by atoms with van der Waals surface area (Å²) in [6.07, 6.45) is 1.40. The average Bonchev–Trinajstić information content (AvgIpc) is 2.66. The minimum absolute atomic E-state index is 0.0896. The lowest BCUT2D eigenvalue weighted by molar-refractivity contribution is -0.134. The van der Waals surface area contributed by atoms with Gasteiger partial charge in [0.2, 0.25) is 5.95 Å². The van der Waals surface area contributed by atoms with Crippen LogP contribution in [0.5, 0.6) is 0 Å². The maximum Gasteiger partial charge on any atom is 0.280 e. The van der Waals surface area contributed by atoms with Crippen molar-refractivity contribution in [1.82, 2.24) is 19.9 Å². The molecule has 0 aliphatic carbocycles. The summed E-state index contributed by atoms with van der Waals surface area (Å²) >= 11 is 0. The molecule has 0 fully saturated rings. The fourth-order valence-corrected chi connectivity index (χ4v) is 0.863. The van der Waals surface area contributed by atoms with Crippen LogP contribution in [0.3, 0.4) is 0 Å². The van der Waals surface area contributed by atoms with Crippen LogP contribution in [0.2, 0.25) is 0 Å². The predicted molar refractivity (Wildman–Crippen MR) is 60.3 cm³/mol. The number of fused-ring (bicyclic) bond motifs is 1. The molecule has 0 radical (unpaired) electrons. The number of nitrogens with one attached hydrogen (secondary N) is 2. The van der Waals surface area contributed by atoms with Gasteiger partial charge >= 0.3 is 0 Å². The monoisotopic (exact) mass is 237 g/mol. The van der Waals surface area contributed by atoms with Crippen LogP contribution in [-0.4, -0.2) is 31.5 Å².